The van der Waals surface area contributed by atoms with Crippen LogP contribution in [0.5, 0.6) is 0 Å². The molecule has 0 aliphatic carbocycles. The molecule has 2 unspecified atom stereocenters. The zero-order chi connectivity index (χ0) is 15.3. The molecular formula is C17H27N3O. The molecule has 1 fully saturated rings. The van der Waals surface area contributed by atoms with Gasteiger partial charge in [0.2, 0.25) is 5.91 Å². The Balaban J connectivity index is 2.12. The summed E-state index contributed by atoms with van der Waals surface area (Å²) < 4.78 is 0. The lowest BCUT2D eigenvalue weighted by molar-refractivity contribution is -0.125. The smallest absolute Gasteiger partial charge is 0.242 e. The molecule has 0 spiro atoms. The van der Waals surface area contributed by atoms with Gasteiger partial charge in [-0.1, -0.05) is 37.3 Å². The van der Waals surface area contributed by atoms with E-state index in [1.807, 2.05) is 37.4 Å². The lowest BCUT2D eigenvalue weighted by atomic mass is 9.85. The molecule has 1 aliphatic rings. The summed E-state index contributed by atoms with van der Waals surface area (Å²) in [4.78, 5) is 14.6. The molecule has 1 heterocycles. The predicted octanol–water partition coefficient (Wildman–Crippen LogP) is 1.71. The second kappa shape index (κ2) is 7.05. The Morgan fingerprint density at radius 3 is 2.71 bits per heavy atom. The van der Waals surface area contributed by atoms with E-state index < -0.39 is 5.54 Å². The van der Waals surface area contributed by atoms with Crippen LogP contribution in [0.4, 0.5) is 0 Å². The molecule has 1 aliphatic heterocycles. The highest BCUT2D eigenvalue weighted by Crippen LogP contribution is 2.26. The zero-order valence-corrected chi connectivity index (χ0v) is 13.1. The average Bonchev–Trinajstić information content (AvgIpc) is 2.49. The van der Waals surface area contributed by atoms with E-state index in [-0.39, 0.29) is 5.91 Å². The summed E-state index contributed by atoms with van der Waals surface area (Å²) in [6, 6.07) is 9.80. The highest BCUT2D eigenvalue weighted by atomic mass is 16.1. The van der Waals surface area contributed by atoms with Gasteiger partial charge in [0.15, 0.2) is 0 Å². The number of nitrogens with zero attached hydrogens (tertiary/aromatic N) is 1. The van der Waals surface area contributed by atoms with Crippen molar-refractivity contribution in [3.63, 3.8) is 0 Å². The van der Waals surface area contributed by atoms with Gasteiger partial charge in [-0.25, -0.2) is 0 Å². The number of carbonyl (C=O) groups excluding carboxylic acids is 1. The summed E-state index contributed by atoms with van der Waals surface area (Å²) in [6.07, 6.45) is 3.26. The normalized spacial score (nSPS) is 22.7. The molecule has 3 N–H and O–H groups in total. The van der Waals surface area contributed by atoms with Gasteiger partial charge in [-0.05, 0) is 44.3 Å². The number of nitrogens with two attached hydrogens (primary N) is 1. The summed E-state index contributed by atoms with van der Waals surface area (Å²) in [5.41, 5.74) is 5.91. The standard InChI is InChI=1S/C17H27N3O/c1-14-7-6-11-20(13-14)12-10-17(19-2,16(18)21)15-8-4-3-5-9-15/h3-5,8-9,14,19H,6-7,10-13H2,1-2H3,(H2,18,21). The number of primary amides is 1. The van der Waals surface area contributed by atoms with E-state index in [9.17, 15) is 4.79 Å². The fraction of sp³-hybridized carbons (Fsp3) is 0.588. The summed E-state index contributed by atoms with van der Waals surface area (Å²) in [7, 11) is 1.82. The van der Waals surface area contributed by atoms with Gasteiger partial charge >= 0.3 is 0 Å². The maximum Gasteiger partial charge on any atom is 0.242 e. The van der Waals surface area contributed by atoms with E-state index in [1.54, 1.807) is 0 Å². The molecule has 4 nitrogen and oxygen atoms in total. The van der Waals surface area contributed by atoms with Crippen LogP contribution in [0, 0.1) is 5.92 Å². The minimum absolute atomic E-state index is 0.304. The molecule has 1 aromatic rings. The Morgan fingerprint density at radius 2 is 2.14 bits per heavy atom. The van der Waals surface area contributed by atoms with Crippen molar-refractivity contribution >= 4 is 5.91 Å². The third kappa shape index (κ3) is 3.63. The molecule has 0 bridgehead atoms. The van der Waals surface area contributed by atoms with Gasteiger partial charge in [0.05, 0.1) is 0 Å². The van der Waals surface area contributed by atoms with Crippen molar-refractivity contribution in [3.8, 4) is 0 Å². The lowest BCUT2D eigenvalue weighted by Crippen LogP contribution is -2.53. The van der Waals surface area contributed by atoms with Gasteiger partial charge in [0.25, 0.3) is 0 Å². The van der Waals surface area contributed by atoms with E-state index in [1.165, 1.54) is 12.8 Å². The minimum atomic E-state index is -0.776. The Hall–Kier alpha value is -1.39. The number of hydrogen-bond acceptors (Lipinski definition) is 3. The Morgan fingerprint density at radius 1 is 1.43 bits per heavy atom. The number of likely N-dealkylation sites (N-methyl/N-ethyl adjacent to an activating group) is 1. The van der Waals surface area contributed by atoms with Crippen LogP contribution < -0.4 is 11.1 Å². The third-order valence-electron chi connectivity index (χ3n) is 4.66. The van der Waals surface area contributed by atoms with Crippen LogP contribution in [-0.4, -0.2) is 37.5 Å². The zero-order valence-electron chi connectivity index (χ0n) is 13.1. The minimum Gasteiger partial charge on any atom is -0.368 e. The van der Waals surface area contributed by atoms with Gasteiger partial charge in [-0.2, -0.15) is 0 Å². The summed E-state index contributed by atoms with van der Waals surface area (Å²) in [6.45, 7) is 5.43. The molecule has 0 radical (unpaired) electrons. The molecular weight excluding hydrogens is 262 g/mol. The first kappa shape index (κ1) is 16.0. The molecule has 0 saturated carbocycles. The van der Waals surface area contributed by atoms with E-state index in [0.29, 0.717) is 6.42 Å². The van der Waals surface area contributed by atoms with Gasteiger partial charge in [0.1, 0.15) is 5.54 Å². The Kier molecular flexibility index (Phi) is 5.37. The first-order valence-electron chi connectivity index (χ1n) is 7.85. The average molecular weight is 289 g/mol. The maximum atomic E-state index is 12.1. The van der Waals surface area contributed by atoms with Gasteiger partial charge in [-0.3, -0.25) is 4.79 Å². The van der Waals surface area contributed by atoms with Crippen molar-refractivity contribution in [1.29, 1.82) is 0 Å². The molecule has 0 aromatic heterocycles. The fourth-order valence-corrected chi connectivity index (χ4v) is 3.34. The van der Waals surface area contributed by atoms with Crippen molar-refractivity contribution in [1.82, 2.24) is 10.2 Å². The quantitative estimate of drug-likeness (QED) is 0.838. The maximum absolute atomic E-state index is 12.1. The van der Waals surface area contributed by atoms with Crippen LogP contribution in [0.3, 0.4) is 0 Å². The Bertz CT molecular complexity index is 462. The highest BCUT2D eigenvalue weighted by Gasteiger charge is 2.37. The fourth-order valence-electron chi connectivity index (χ4n) is 3.34. The SMILES string of the molecule is CNC(CCN1CCCC(C)C1)(C(N)=O)c1ccccc1. The van der Waals surface area contributed by atoms with Crippen molar-refractivity contribution in [3.05, 3.63) is 35.9 Å². The van der Waals surface area contributed by atoms with Crippen molar-refractivity contribution < 1.29 is 4.79 Å². The van der Waals surface area contributed by atoms with Crippen molar-refractivity contribution in [2.75, 3.05) is 26.7 Å². The van der Waals surface area contributed by atoms with Gasteiger partial charge < -0.3 is 16.0 Å². The van der Waals surface area contributed by atoms with Gasteiger partial charge in [0, 0.05) is 13.1 Å². The van der Waals surface area contributed by atoms with E-state index in [2.05, 4.69) is 17.1 Å². The number of amides is 1. The first-order chi connectivity index (χ1) is 10.1. The van der Waals surface area contributed by atoms with Crippen LogP contribution in [-0.2, 0) is 10.3 Å². The number of nitrogens with one attached hydrogen (secondary N) is 1. The molecule has 1 amide bonds. The molecule has 21 heavy (non-hydrogen) atoms. The monoisotopic (exact) mass is 289 g/mol. The summed E-state index contributed by atoms with van der Waals surface area (Å²) in [5, 5.41) is 3.18. The van der Waals surface area contributed by atoms with Crippen LogP contribution in [0.25, 0.3) is 0 Å². The summed E-state index contributed by atoms with van der Waals surface area (Å²) >= 11 is 0. The second-order valence-electron chi connectivity index (χ2n) is 6.18. The molecule has 116 valence electrons. The molecule has 1 aromatic carbocycles. The van der Waals surface area contributed by atoms with Crippen LogP contribution in [0.1, 0.15) is 31.7 Å². The molecule has 2 rings (SSSR count). The van der Waals surface area contributed by atoms with E-state index in [4.69, 9.17) is 5.73 Å². The number of benzene rings is 1. The van der Waals surface area contributed by atoms with Gasteiger partial charge in [-0.15, -0.1) is 0 Å². The van der Waals surface area contributed by atoms with E-state index in [0.717, 1.165) is 31.1 Å². The number of carbonyl (C=O) groups is 1. The highest BCUT2D eigenvalue weighted by molar-refractivity contribution is 5.86. The summed E-state index contributed by atoms with van der Waals surface area (Å²) in [5.74, 6) is 0.439. The topological polar surface area (TPSA) is 58.4 Å². The number of rotatable bonds is 6. The van der Waals surface area contributed by atoms with Crippen molar-refractivity contribution in [2.45, 2.75) is 31.7 Å². The number of likely N-dealkylation sites (tertiary alicyclic amines) is 1. The first-order valence-corrected chi connectivity index (χ1v) is 7.85. The molecule has 1 saturated heterocycles. The molecule has 2 atom stereocenters. The number of hydrogen-bond donors (Lipinski definition) is 2. The molecule has 4 heteroatoms. The third-order valence-corrected chi connectivity index (χ3v) is 4.66. The van der Waals surface area contributed by atoms with Crippen LogP contribution in [0.15, 0.2) is 30.3 Å². The Labute approximate surface area is 127 Å². The van der Waals surface area contributed by atoms with Crippen molar-refractivity contribution in [2.24, 2.45) is 11.7 Å². The van der Waals surface area contributed by atoms with Crippen LogP contribution >= 0.6 is 0 Å². The number of piperidine rings is 1. The van der Waals surface area contributed by atoms with E-state index >= 15 is 0 Å². The lowest BCUT2D eigenvalue weighted by Gasteiger charge is -2.36. The van der Waals surface area contributed by atoms with Crippen LogP contribution in [0.2, 0.25) is 0 Å². The largest absolute Gasteiger partial charge is 0.368 e. The predicted molar refractivity (Wildman–Crippen MR) is 85.8 cm³/mol. The second-order valence-corrected chi connectivity index (χ2v) is 6.18.